The van der Waals surface area contributed by atoms with E-state index in [2.05, 4.69) is 22.1 Å². The molecule has 0 radical (unpaired) electrons. The Morgan fingerprint density at radius 2 is 2.31 bits per heavy atom. The molecule has 0 N–H and O–H groups in total. The summed E-state index contributed by atoms with van der Waals surface area (Å²) in [6, 6.07) is 0. The van der Waals surface area contributed by atoms with E-state index >= 15 is 0 Å². The summed E-state index contributed by atoms with van der Waals surface area (Å²) in [7, 11) is 2.08. The largest absolute Gasteiger partial charge is 0.339 e. The molecule has 0 aliphatic carbocycles. The number of alkyl halides is 1. The van der Waals surface area contributed by atoms with E-state index in [1.807, 2.05) is 0 Å². The summed E-state index contributed by atoms with van der Waals surface area (Å²) in [4.78, 5) is 6.56. The molecular weight excluding hydrogens is 209 g/mol. The standard InChI is InChI=1S/C11H18FN3O/c1-11(2,7-12)10-13-9(14-16-10)8-4-5-15(3)6-8/h8H,4-7H2,1-3H3. The predicted octanol–water partition coefficient (Wildman–Crippen LogP) is 1.74. The molecule has 1 atom stereocenters. The van der Waals surface area contributed by atoms with Gasteiger partial charge in [-0.15, -0.1) is 0 Å². The number of likely N-dealkylation sites (tertiary alicyclic amines) is 1. The van der Waals surface area contributed by atoms with Crippen molar-refractivity contribution in [3.63, 3.8) is 0 Å². The molecule has 1 aliphatic rings. The average molecular weight is 227 g/mol. The minimum Gasteiger partial charge on any atom is -0.339 e. The molecule has 90 valence electrons. The van der Waals surface area contributed by atoms with Gasteiger partial charge in [-0.05, 0) is 33.9 Å². The van der Waals surface area contributed by atoms with Gasteiger partial charge in [-0.25, -0.2) is 4.39 Å². The Kier molecular flexibility index (Phi) is 2.97. The van der Waals surface area contributed by atoms with Gasteiger partial charge in [0.15, 0.2) is 5.82 Å². The number of rotatable bonds is 3. The lowest BCUT2D eigenvalue weighted by Crippen LogP contribution is -2.20. The summed E-state index contributed by atoms with van der Waals surface area (Å²) in [5.74, 6) is 1.46. The molecule has 2 rings (SSSR count). The van der Waals surface area contributed by atoms with Gasteiger partial charge < -0.3 is 9.42 Å². The first-order valence-electron chi connectivity index (χ1n) is 5.61. The molecular formula is C11H18FN3O. The van der Waals surface area contributed by atoms with Crippen molar-refractivity contribution in [3.8, 4) is 0 Å². The second-order valence-corrected chi connectivity index (χ2v) is 5.22. The second-order valence-electron chi connectivity index (χ2n) is 5.22. The molecule has 1 aromatic heterocycles. The van der Waals surface area contributed by atoms with Crippen LogP contribution in [0.3, 0.4) is 0 Å². The van der Waals surface area contributed by atoms with E-state index < -0.39 is 12.1 Å². The van der Waals surface area contributed by atoms with Crippen LogP contribution >= 0.6 is 0 Å². The highest BCUT2D eigenvalue weighted by molar-refractivity contribution is 5.05. The van der Waals surface area contributed by atoms with E-state index in [0.717, 1.165) is 25.3 Å². The van der Waals surface area contributed by atoms with E-state index in [9.17, 15) is 4.39 Å². The second kappa shape index (κ2) is 4.13. The van der Waals surface area contributed by atoms with E-state index in [1.165, 1.54) is 0 Å². The molecule has 2 heterocycles. The number of likely N-dealkylation sites (N-methyl/N-ethyl adjacent to an activating group) is 1. The van der Waals surface area contributed by atoms with Crippen LogP contribution in [0.5, 0.6) is 0 Å². The number of hydrogen-bond donors (Lipinski definition) is 0. The SMILES string of the molecule is CN1CCC(c2noc(C(C)(C)CF)n2)C1. The maximum absolute atomic E-state index is 12.8. The fourth-order valence-electron chi connectivity index (χ4n) is 1.88. The van der Waals surface area contributed by atoms with Crippen LogP contribution in [0.1, 0.15) is 37.9 Å². The van der Waals surface area contributed by atoms with Crippen LogP contribution < -0.4 is 0 Å². The van der Waals surface area contributed by atoms with Crippen LogP contribution in [0.4, 0.5) is 4.39 Å². The summed E-state index contributed by atoms with van der Waals surface area (Å²) in [6.07, 6.45) is 1.05. The van der Waals surface area contributed by atoms with Gasteiger partial charge in [0.1, 0.15) is 6.67 Å². The zero-order valence-electron chi connectivity index (χ0n) is 10.0. The fourth-order valence-corrected chi connectivity index (χ4v) is 1.88. The minimum atomic E-state index is -0.671. The highest BCUT2D eigenvalue weighted by Gasteiger charge is 2.31. The van der Waals surface area contributed by atoms with Gasteiger partial charge in [0.05, 0.1) is 5.41 Å². The molecule has 1 aliphatic heterocycles. The molecule has 0 amide bonds. The van der Waals surface area contributed by atoms with Crippen molar-refractivity contribution in [1.29, 1.82) is 0 Å². The van der Waals surface area contributed by atoms with Gasteiger partial charge in [-0.1, -0.05) is 5.16 Å². The lowest BCUT2D eigenvalue weighted by Gasteiger charge is -2.13. The summed E-state index contributed by atoms with van der Waals surface area (Å²) < 4.78 is 17.9. The first-order chi connectivity index (χ1) is 7.53. The maximum atomic E-state index is 12.8. The number of halogens is 1. The molecule has 1 fully saturated rings. The Labute approximate surface area is 94.8 Å². The molecule has 0 aromatic carbocycles. The predicted molar refractivity (Wildman–Crippen MR) is 58.2 cm³/mol. The van der Waals surface area contributed by atoms with Gasteiger partial charge in [0.25, 0.3) is 0 Å². The van der Waals surface area contributed by atoms with E-state index in [0.29, 0.717) is 11.8 Å². The van der Waals surface area contributed by atoms with Crippen molar-refractivity contribution >= 4 is 0 Å². The molecule has 1 unspecified atom stereocenters. The third-order valence-electron chi connectivity index (χ3n) is 3.11. The van der Waals surface area contributed by atoms with E-state index in [-0.39, 0.29) is 0 Å². The van der Waals surface area contributed by atoms with Crippen LogP contribution in [0.2, 0.25) is 0 Å². The highest BCUT2D eigenvalue weighted by atomic mass is 19.1. The summed E-state index contributed by atoms with van der Waals surface area (Å²) in [6.45, 7) is 5.06. The van der Waals surface area contributed by atoms with Gasteiger partial charge in [0.2, 0.25) is 5.89 Å². The molecule has 5 heteroatoms. The van der Waals surface area contributed by atoms with Gasteiger partial charge in [0, 0.05) is 12.5 Å². The summed E-state index contributed by atoms with van der Waals surface area (Å²) in [5.41, 5.74) is -0.671. The fraction of sp³-hybridized carbons (Fsp3) is 0.818. The van der Waals surface area contributed by atoms with Crippen molar-refractivity contribution in [2.24, 2.45) is 0 Å². The first kappa shape index (κ1) is 11.5. The van der Waals surface area contributed by atoms with Crippen LogP contribution in [0, 0.1) is 0 Å². The molecule has 4 nitrogen and oxygen atoms in total. The zero-order valence-corrected chi connectivity index (χ0v) is 10.0. The normalized spacial score (nSPS) is 22.9. The maximum Gasteiger partial charge on any atom is 0.234 e. The van der Waals surface area contributed by atoms with Crippen molar-refractivity contribution in [2.75, 3.05) is 26.8 Å². The number of aromatic nitrogens is 2. The Hall–Kier alpha value is -0.970. The monoisotopic (exact) mass is 227 g/mol. The minimum absolute atomic E-state index is 0.331. The van der Waals surface area contributed by atoms with E-state index in [4.69, 9.17) is 4.52 Å². The lowest BCUT2D eigenvalue weighted by molar-refractivity contribution is 0.257. The highest BCUT2D eigenvalue weighted by Crippen LogP contribution is 2.27. The average Bonchev–Trinajstić information content (AvgIpc) is 2.85. The lowest BCUT2D eigenvalue weighted by atomic mass is 9.95. The smallest absolute Gasteiger partial charge is 0.234 e. The van der Waals surface area contributed by atoms with Gasteiger partial charge in [-0.2, -0.15) is 4.98 Å². The zero-order chi connectivity index (χ0) is 11.8. The molecule has 1 aromatic rings. The van der Waals surface area contributed by atoms with Crippen LogP contribution in [-0.2, 0) is 5.41 Å². The Morgan fingerprint density at radius 3 is 2.88 bits per heavy atom. The first-order valence-corrected chi connectivity index (χ1v) is 5.61. The number of nitrogens with zero attached hydrogens (tertiary/aromatic N) is 3. The van der Waals surface area contributed by atoms with Crippen molar-refractivity contribution in [1.82, 2.24) is 15.0 Å². The summed E-state index contributed by atoms with van der Waals surface area (Å²) >= 11 is 0. The molecule has 0 saturated carbocycles. The van der Waals surface area contributed by atoms with Gasteiger partial charge in [-0.3, -0.25) is 0 Å². The quantitative estimate of drug-likeness (QED) is 0.788. The molecule has 16 heavy (non-hydrogen) atoms. The van der Waals surface area contributed by atoms with Crippen molar-refractivity contribution in [2.45, 2.75) is 31.6 Å². The third kappa shape index (κ3) is 2.09. The Morgan fingerprint density at radius 1 is 1.56 bits per heavy atom. The van der Waals surface area contributed by atoms with Crippen LogP contribution in [0.15, 0.2) is 4.52 Å². The Balaban J connectivity index is 2.14. The van der Waals surface area contributed by atoms with Crippen molar-refractivity contribution < 1.29 is 8.91 Å². The molecule has 1 saturated heterocycles. The van der Waals surface area contributed by atoms with Crippen LogP contribution in [0.25, 0.3) is 0 Å². The van der Waals surface area contributed by atoms with Crippen LogP contribution in [-0.4, -0.2) is 41.9 Å². The van der Waals surface area contributed by atoms with E-state index in [1.54, 1.807) is 13.8 Å². The topological polar surface area (TPSA) is 42.2 Å². The number of hydrogen-bond acceptors (Lipinski definition) is 4. The Bertz CT molecular complexity index is 364. The summed E-state index contributed by atoms with van der Waals surface area (Å²) in [5, 5.41) is 3.97. The third-order valence-corrected chi connectivity index (χ3v) is 3.11. The van der Waals surface area contributed by atoms with Crippen molar-refractivity contribution in [3.05, 3.63) is 11.7 Å². The molecule has 0 spiro atoms. The molecule has 0 bridgehead atoms. The van der Waals surface area contributed by atoms with Gasteiger partial charge >= 0.3 is 0 Å².